The molecule has 0 saturated carbocycles. The standard InChI is InChI=1S/C25H20Cl2N2O3/c1-15-10-21-19(13-29(14-31-21)9-6-17-2-3-18(26)12-20(17)27)25-23(15)24(30)22(32-25)11-16-4-7-28-8-5-16/h2-5,7-8,10-12H,6,9,13-14H2,1H3/b22-11+. The Labute approximate surface area is 196 Å². The van der Waals surface area contributed by atoms with E-state index in [1.54, 1.807) is 24.5 Å². The average molecular weight is 467 g/mol. The van der Waals surface area contributed by atoms with Crippen LogP contribution in [-0.2, 0) is 13.0 Å². The number of aryl methyl sites for hydroxylation is 1. The number of rotatable bonds is 4. The molecule has 0 saturated heterocycles. The van der Waals surface area contributed by atoms with Gasteiger partial charge in [-0.05, 0) is 66.4 Å². The summed E-state index contributed by atoms with van der Waals surface area (Å²) < 4.78 is 12.1. The zero-order chi connectivity index (χ0) is 22.2. The molecule has 3 aromatic rings. The molecule has 0 spiro atoms. The molecule has 0 aliphatic carbocycles. The summed E-state index contributed by atoms with van der Waals surface area (Å²) in [6.07, 6.45) is 5.88. The van der Waals surface area contributed by atoms with Crippen LogP contribution in [0.4, 0.5) is 0 Å². The van der Waals surface area contributed by atoms with Crippen LogP contribution < -0.4 is 9.47 Å². The van der Waals surface area contributed by atoms with Crippen LogP contribution in [-0.4, -0.2) is 28.9 Å². The van der Waals surface area contributed by atoms with Crippen molar-refractivity contribution >= 4 is 35.1 Å². The van der Waals surface area contributed by atoms with Crippen molar-refractivity contribution in [1.29, 1.82) is 0 Å². The highest BCUT2D eigenvalue weighted by Gasteiger charge is 2.35. The van der Waals surface area contributed by atoms with Gasteiger partial charge in [0.15, 0.2) is 5.76 Å². The number of ketones is 1. The highest BCUT2D eigenvalue weighted by atomic mass is 35.5. The summed E-state index contributed by atoms with van der Waals surface area (Å²) in [5.74, 6) is 1.56. The smallest absolute Gasteiger partial charge is 0.232 e. The lowest BCUT2D eigenvalue weighted by atomic mass is 9.98. The molecular weight excluding hydrogens is 447 g/mol. The summed E-state index contributed by atoms with van der Waals surface area (Å²) in [4.78, 5) is 19.3. The Morgan fingerprint density at radius 3 is 2.75 bits per heavy atom. The first-order valence-corrected chi connectivity index (χ1v) is 11.0. The van der Waals surface area contributed by atoms with Crippen molar-refractivity contribution in [3.05, 3.63) is 92.4 Å². The lowest BCUT2D eigenvalue weighted by Crippen LogP contribution is -2.34. The maximum absolute atomic E-state index is 13.1. The largest absolute Gasteiger partial charge is 0.478 e. The number of allylic oxidation sites excluding steroid dienone is 1. The normalized spacial score (nSPS) is 16.5. The molecule has 0 fully saturated rings. The lowest BCUT2D eigenvalue weighted by Gasteiger charge is -2.30. The monoisotopic (exact) mass is 466 g/mol. The van der Waals surface area contributed by atoms with Crippen LogP contribution in [0.3, 0.4) is 0 Å². The molecule has 5 rings (SSSR count). The number of pyridine rings is 1. The molecule has 32 heavy (non-hydrogen) atoms. The van der Waals surface area contributed by atoms with E-state index in [1.165, 1.54) is 0 Å². The number of halogens is 2. The van der Waals surface area contributed by atoms with Crippen molar-refractivity contribution < 1.29 is 14.3 Å². The fourth-order valence-electron chi connectivity index (χ4n) is 4.03. The van der Waals surface area contributed by atoms with Gasteiger partial charge in [0.25, 0.3) is 0 Å². The van der Waals surface area contributed by atoms with Gasteiger partial charge in [0.1, 0.15) is 18.2 Å². The second-order valence-corrected chi connectivity index (χ2v) is 8.75. The minimum absolute atomic E-state index is 0.109. The van der Waals surface area contributed by atoms with Crippen molar-refractivity contribution in [3.8, 4) is 11.5 Å². The Bertz CT molecular complexity index is 1240. The van der Waals surface area contributed by atoms with Gasteiger partial charge < -0.3 is 9.47 Å². The zero-order valence-electron chi connectivity index (χ0n) is 17.4. The molecule has 0 N–H and O–H groups in total. The fraction of sp³-hybridized carbons (Fsp3) is 0.200. The third-order valence-electron chi connectivity index (χ3n) is 5.70. The third kappa shape index (κ3) is 3.99. The van der Waals surface area contributed by atoms with Crippen molar-refractivity contribution in [2.45, 2.75) is 19.9 Å². The third-order valence-corrected chi connectivity index (χ3v) is 6.29. The number of fused-ring (bicyclic) bond motifs is 3. The Kier molecular flexibility index (Phi) is 5.64. The molecule has 0 bridgehead atoms. The number of hydrogen-bond donors (Lipinski definition) is 0. The molecule has 2 aliphatic rings. The Morgan fingerprint density at radius 1 is 1.16 bits per heavy atom. The van der Waals surface area contributed by atoms with E-state index in [9.17, 15) is 4.79 Å². The maximum atomic E-state index is 13.1. The van der Waals surface area contributed by atoms with Gasteiger partial charge >= 0.3 is 0 Å². The molecule has 5 nitrogen and oxygen atoms in total. The van der Waals surface area contributed by atoms with Crippen LogP contribution >= 0.6 is 23.2 Å². The van der Waals surface area contributed by atoms with Crippen molar-refractivity contribution in [2.75, 3.05) is 13.3 Å². The number of hydrogen-bond acceptors (Lipinski definition) is 5. The topological polar surface area (TPSA) is 51.7 Å². The quantitative estimate of drug-likeness (QED) is 0.461. The molecule has 0 amide bonds. The summed E-state index contributed by atoms with van der Waals surface area (Å²) in [6, 6.07) is 11.1. The molecule has 2 aliphatic heterocycles. The zero-order valence-corrected chi connectivity index (χ0v) is 18.9. The van der Waals surface area contributed by atoms with Gasteiger partial charge in [-0.25, -0.2) is 0 Å². The first kappa shape index (κ1) is 21.0. The number of carbonyl (C=O) groups excluding carboxylic acids is 1. The number of Topliss-reactive ketones (excluding diaryl/α,β-unsaturated/α-hetero) is 1. The van der Waals surface area contributed by atoms with Crippen LogP contribution in [0, 0.1) is 6.92 Å². The Morgan fingerprint density at radius 2 is 1.97 bits per heavy atom. The second-order valence-electron chi connectivity index (χ2n) is 7.91. The first-order valence-electron chi connectivity index (χ1n) is 10.3. The summed E-state index contributed by atoms with van der Waals surface area (Å²) in [5.41, 5.74) is 4.24. The number of benzene rings is 2. The number of carbonyl (C=O) groups is 1. The van der Waals surface area contributed by atoms with Gasteiger partial charge in [-0.1, -0.05) is 29.3 Å². The predicted octanol–water partition coefficient (Wildman–Crippen LogP) is 5.71. The van der Waals surface area contributed by atoms with Gasteiger partial charge in [-0.15, -0.1) is 0 Å². The van der Waals surface area contributed by atoms with Gasteiger partial charge in [0.2, 0.25) is 5.78 Å². The van der Waals surface area contributed by atoms with E-state index in [-0.39, 0.29) is 5.78 Å². The fourth-order valence-corrected chi connectivity index (χ4v) is 4.54. The molecule has 1 aromatic heterocycles. The van der Waals surface area contributed by atoms with Crippen molar-refractivity contribution in [3.63, 3.8) is 0 Å². The molecule has 0 unspecified atom stereocenters. The maximum Gasteiger partial charge on any atom is 0.232 e. The Balaban J connectivity index is 1.39. The minimum atomic E-state index is -0.109. The summed E-state index contributed by atoms with van der Waals surface area (Å²) in [6.45, 7) is 3.74. The molecule has 7 heteroatoms. The van der Waals surface area contributed by atoms with Gasteiger partial charge in [-0.3, -0.25) is 14.7 Å². The Hall–Kier alpha value is -2.86. The molecule has 162 valence electrons. The van der Waals surface area contributed by atoms with Gasteiger partial charge in [-0.2, -0.15) is 0 Å². The van der Waals surface area contributed by atoms with E-state index in [1.807, 2.05) is 37.3 Å². The van der Waals surface area contributed by atoms with Crippen LogP contribution in [0.5, 0.6) is 11.5 Å². The molecular formula is C25H20Cl2N2O3. The predicted molar refractivity (Wildman–Crippen MR) is 124 cm³/mol. The van der Waals surface area contributed by atoms with E-state index in [0.29, 0.717) is 40.4 Å². The van der Waals surface area contributed by atoms with Crippen molar-refractivity contribution in [1.82, 2.24) is 9.88 Å². The number of aromatic nitrogens is 1. The summed E-state index contributed by atoms with van der Waals surface area (Å²) in [5, 5.41) is 1.28. The molecule has 2 aromatic carbocycles. The summed E-state index contributed by atoms with van der Waals surface area (Å²) in [7, 11) is 0. The average Bonchev–Trinajstić information content (AvgIpc) is 3.11. The second kappa shape index (κ2) is 8.58. The van der Waals surface area contributed by atoms with E-state index in [2.05, 4.69) is 9.88 Å². The van der Waals surface area contributed by atoms with E-state index < -0.39 is 0 Å². The van der Waals surface area contributed by atoms with E-state index in [0.717, 1.165) is 41.0 Å². The van der Waals surface area contributed by atoms with E-state index in [4.69, 9.17) is 32.7 Å². The van der Waals surface area contributed by atoms with Crippen LogP contribution in [0.25, 0.3) is 6.08 Å². The minimum Gasteiger partial charge on any atom is -0.478 e. The number of ether oxygens (including phenoxy) is 2. The van der Waals surface area contributed by atoms with Crippen molar-refractivity contribution in [2.24, 2.45) is 0 Å². The lowest BCUT2D eigenvalue weighted by molar-refractivity contribution is 0.0949. The highest BCUT2D eigenvalue weighted by Crippen LogP contribution is 2.44. The first-order chi connectivity index (χ1) is 15.5. The molecule has 3 heterocycles. The van der Waals surface area contributed by atoms with Gasteiger partial charge in [0.05, 0.1) is 11.1 Å². The SMILES string of the molecule is Cc1cc2c(c3c1C(=O)/C(=C\c1ccncc1)O3)CN(CCc1ccc(Cl)cc1Cl)CO2. The van der Waals surface area contributed by atoms with Gasteiger partial charge in [0, 0.05) is 35.5 Å². The van der Waals surface area contributed by atoms with Crippen LogP contribution in [0.1, 0.15) is 32.6 Å². The van der Waals surface area contributed by atoms with E-state index >= 15 is 0 Å². The van der Waals surface area contributed by atoms with Crippen LogP contribution in [0.2, 0.25) is 10.0 Å². The highest BCUT2D eigenvalue weighted by molar-refractivity contribution is 6.35. The summed E-state index contributed by atoms with van der Waals surface area (Å²) >= 11 is 12.3. The van der Waals surface area contributed by atoms with Crippen LogP contribution in [0.15, 0.2) is 54.6 Å². The molecule has 0 atom stereocenters. The number of nitrogens with zero attached hydrogens (tertiary/aromatic N) is 2. The molecule has 0 radical (unpaired) electrons.